The molecule has 0 spiro atoms. The predicted octanol–water partition coefficient (Wildman–Crippen LogP) is 3.83. The molecule has 0 aliphatic carbocycles. The fourth-order valence-electron chi connectivity index (χ4n) is 2.24. The fourth-order valence-corrected chi connectivity index (χ4v) is 2.24. The van der Waals surface area contributed by atoms with Crippen molar-refractivity contribution >= 4 is 0 Å². The summed E-state index contributed by atoms with van der Waals surface area (Å²) >= 11 is 0. The quantitative estimate of drug-likeness (QED) is 0.716. The van der Waals surface area contributed by atoms with Crippen molar-refractivity contribution in [2.75, 3.05) is 7.05 Å². The van der Waals surface area contributed by atoms with Crippen LogP contribution < -0.4 is 0 Å². The molecule has 0 amide bonds. The van der Waals surface area contributed by atoms with Crippen LogP contribution in [0.3, 0.4) is 0 Å². The molecule has 3 aromatic rings. The van der Waals surface area contributed by atoms with Crippen LogP contribution >= 0.6 is 0 Å². The maximum Gasteiger partial charge on any atom is 0.247 e. The van der Waals surface area contributed by atoms with E-state index in [0.29, 0.717) is 18.3 Å². The third-order valence-corrected chi connectivity index (χ3v) is 3.68. The Bertz CT molecular complexity index is 733. The van der Waals surface area contributed by atoms with Gasteiger partial charge in [-0.2, -0.15) is 0 Å². The van der Waals surface area contributed by atoms with Crippen LogP contribution in [0.5, 0.6) is 0 Å². The summed E-state index contributed by atoms with van der Waals surface area (Å²) in [5.41, 5.74) is 0.928. The second kappa shape index (κ2) is 6.15. The highest BCUT2D eigenvalue weighted by Gasteiger charge is 2.20. The van der Waals surface area contributed by atoms with Crippen molar-refractivity contribution in [1.29, 1.82) is 0 Å². The average Bonchev–Trinajstić information content (AvgIpc) is 3.17. The van der Waals surface area contributed by atoms with E-state index in [-0.39, 0.29) is 6.04 Å². The number of hydrogen-bond donors (Lipinski definition) is 0. The smallest absolute Gasteiger partial charge is 0.247 e. The van der Waals surface area contributed by atoms with Crippen LogP contribution in [0.4, 0.5) is 0 Å². The predicted molar refractivity (Wildman–Crippen MR) is 83.1 cm³/mol. The van der Waals surface area contributed by atoms with E-state index in [4.69, 9.17) is 8.83 Å². The molecule has 2 heterocycles. The first-order valence-corrected chi connectivity index (χ1v) is 7.28. The lowest BCUT2D eigenvalue weighted by Crippen LogP contribution is -2.21. The lowest BCUT2D eigenvalue weighted by molar-refractivity contribution is 0.202. The number of aryl methyl sites for hydroxylation is 1. The minimum Gasteiger partial charge on any atom is -0.465 e. The first kappa shape index (κ1) is 14.5. The topological polar surface area (TPSA) is 55.3 Å². The molecule has 0 aliphatic rings. The molecule has 5 nitrogen and oxygen atoms in total. The van der Waals surface area contributed by atoms with Crippen molar-refractivity contribution in [2.24, 2.45) is 0 Å². The van der Waals surface area contributed by atoms with Crippen molar-refractivity contribution in [2.45, 2.75) is 26.4 Å². The molecular weight excluding hydrogens is 278 g/mol. The van der Waals surface area contributed by atoms with E-state index in [1.807, 2.05) is 63.4 Å². The van der Waals surface area contributed by atoms with Gasteiger partial charge in [0.2, 0.25) is 11.8 Å². The summed E-state index contributed by atoms with van der Waals surface area (Å²) in [5.74, 6) is 2.99. The Morgan fingerprint density at radius 3 is 2.50 bits per heavy atom. The molecule has 0 fully saturated rings. The Kier molecular flexibility index (Phi) is 4.06. The second-order valence-electron chi connectivity index (χ2n) is 5.41. The highest BCUT2D eigenvalue weighted by Crippen LogP contribution is 2.24. The minimum atomic E-state index is 0.00960. The monoisotopic (exact) mass is 297 g/mol. The molecule has 1 unspecified atom stereocenters. The molecule has 5 heteroatoms. The van der Waals surface area contributed by atoms with E-state index in [2.05, 4.69) is 15.1 Å². The van der Waals surface area contributed by atoms with Gasteiger partial charge in [0.05, 0.1) is 12.6 Å². The number of furan rings is 1. The molecule has 114 valence electrons. The zero-order valence-corrected chi connectivity index (χ0v) is 13.0. The Balaban J connectivity index is 1.72. The molecule has 0 saturated carbocycles. The molecule has 1 aromatic carbocycles. The van der Waals surface area contributed by atoms with Crippen LogP contribution in [0.15, 0.2) is 51.3 Å². The Morgan fingerprint density at radius 2 is 1.82 bits per heavy atom. The van der Waals surface area contributed by atoms with Gasteiger partial charge in [0.25, 0.3) is 0 Å². The number of rotatable bonds is 5. The summed E-state index contributed by atoms with van der Waals surface area (Å²) in [5, 5.41) is 8.31. The summed E-state index contributed by atoms with van der Waals surface area (Å²) in [6, 6.07) is 13.7. The molecule has 0 saturated heterocycles. The second-order valence-corrected chi connectivity index (χ2v) is 5.41. The molecule has 0 bridgehead atoms. The van der Waals surface area contributed by atoms with Crippen LogP contribution in [0.2, 0.25) is 0 Å². The molecule has 3 rings (SSSR count). The Labute approximate surface area is 129 Å². The van der Waals surface area contributed by atoms with Gasteiger partial charge in [0.15, 0.2) is 0 Å². The van der Waals surface area contributed by atoms with Gasteiger partial charge in [-0.1, -0.05) is 18.2 Å². The molecule has 22 heavy (non-hydrogen) atoms. The summed E-state index contributed by atoms with van der Waals surface area (Å²) < 4.78 is 11.4. The van der Waals surface area contributed by atoms with Crippen molar-refractivity contribution < 1.29 is 8.83 Å². The summed E-state index contributed by atoms with van der Waals surface area (Å²) in [7, 11) is 2.01. The van der Waals surface area contributed by atoms with E-state index in [0.717, 1.165) is 17.1 Å². The third-order valence-electron chi connectivity index (χ3n) is 3.68. The van der Waals surface area contributed by atoms with Crippen molar-refractivity contribution in [1.82, 2.24) is 15.1 Å². The largest absolute Gasteiger partial charge is 0.465 e. The van der Waals surface area contributed by atoms with E-state index in [1.165, 1.54) is 0 Å². The summed E-state index contributed by atoms with van der Waals surface area (Å²) in [6.45, 7) is 4.67. The van der Waals surface area contributed by atoms with Crippen LogP contribution in [-0.2, 0) is 6.54 Å². The Morgan fingerprint density at radius 1 is 1.05 bits per heavy atom. The number of aromatic nitrogens is 2. The lowest BCUT2D eigenvalue weighted by atomic mass is 10.2. The maximum atomic E-state index is 5.80. The summed E-state index contributed by atoms with van der Waals surface area (Å²) in [6.07, 6.45) is 0. The molecule has 2 aromatic heterocycles. The lowest BCUT2D eigenvalue weighted by Gasteiger charge is -2.20. The number of nitrogens with zero attached hydrogens (tertiary/aromatic N) is 3. The van der Waals surface area contributed by atoms with Crippen molar-refractivity contribution in [3.05, 3.63) is 59.9 Å². The normalized spacial score (nSPS) is 12.7. The zero-order chi connectivity index (χ0) is 15.5. The van der Waals surface area contributed by atoms with Gasteiger partial charge in [-0.05, 0) is 45.2 Å². The van der Waals surface area contributed by atoms with E-state index in [9.17, 15) is 0 Å². The number of benzene rings is 1. The maximum absolute atomic E-state index is 5.80. The van der Waals surface area contributed by atoms with Gasteiger partial charge >= 0.3 is 0 Å². The van der Waals surface area contributed by atoms with Crippen LogP contribution in [0.25, 0.3) is 11.5 Å². The Hall–Kier alpha value is -2.40. The third kappa shape index (κ3) is 3.09. The van der Waals surface area contributed by atoms with Crippen molar-refractivity contribution in [3.8, 4) is 11.5 Å². The first-order chi connectivity index (χ1) is 10.6. The highest BCUT2D eigenvalue weighted by atomic mass is 16.4. The molecule has 0 radical (unpaired) electrons. The SMILES string of the molecule is Cc1ccc(CN(C)C(C)c2nnc(-c3ccccc3)o2)o1. The van der Waals surface area contributed by atoms with E-state index < -0.39 is 0 Å². The van der Waals surface area contributed by atoms with Gasteiger partial charge in [0, 0.05) is 5.56 Å². The van der Waals surface area contributed by atoms with Gasteiger partial charge < -0.3 is 8.83 Å². The van der Waals surface area contributed by atoms with Gasteiger partial charge in [-0.15, -0.1) is 10.2 Å². The van der Waals surface area contributed by atoms with E-state index >= 15 is 0 Å². The number of hydrogen-bond acceptors (Lipinski definition) is 5. The van der Waals surface area contributed by atoms with Gasteiger partial charge in [0.1, 0.15) is 11.5 Å². The van der Waals surface area contributed by atoms with Gasteiger partial charge in [-0.3, -0.25) is 4.90 Å². The average molecular weight is 297 g/mol. The highest BCUT2D eigenvalue weighted by molar-refractivity contribution is 5.51. The molecular formula is C17H19N3O2. The summed E-state index contributed by atoms with van der Waals surface area (Å²) in [4.78, 5) is 2.11. The standard InChI is InChI=1S/C17H19N3O2/c1-12-9-10-15(21-12)11-20(3)13(2)16-18-19-17(22-16)14-7-5-4-6-8-14/h4-10,13H,11H2,1-3H3. The van der Waals surface area contributed by atoms with Crippen molar-refractivity contribution in [3.63, 3.8) is 0 Å². The first-order valence-electron chi connectivity index (χ1n) is 7.28. The van der Waals surface area contributed by atoms with Gasteiger partial charge in [-0.25, -0.2) is 0 Å². The fraction of sp³-hybridized carbons (Fsp3) is 0.294. The van der Waals surface area contributed by atoms with E-state index in [1.54, 1.807) is 0 Å². The molecule has 0 N–H and O–H groups in total. The molecule has 0 aliphatic heterocycles. The minimum absolute atomic E-state index is 0.00960. The zero-order valence-electron chi connectivity index (χ0n) is 13.0. The van der Waals surface area contributed by atoms with Crippen LogP contribution in [0, 0.1) is 6.92 Å². The van der Waals surface area contributed by atoms with Crippen LogP contribution in [0.1, 0.15) is 30.4 Å². The molecule has 1 atom stereocenters. The van der Waals surface area contributed by atoms with Crippen LogP contribution in [-0.4, -0.2) is 22.1 Å².